The van der Waals surface area contributed by atoms with Crippen LogP contribution in [0.15, 0.2) is 55.2 Å². The molecule has 10 heteroatoms. The van der Waals surface area contributed by atoms with Gasteiger partial charge in [0.1, 0.15) is 24.1 Å². The van der Waals surface area contributed by atoms with E-state index >= 15 is 0 Å². The lowest BCUT2D eigenvalue weighted by atomic mass is 10.1. The van der Waals surface area contributed by atoms with Crippen LogP contribution >= 0.6 is 0 Å². The lowest BCUT2D eigenvalue weighted by Crippen LogP contribution is -2.32. The first-order valence-electron chi connectivity index (χ1n) is 10.4. The second kappa shape index (κ2) is 9.62. The van der Waals surface area contributed by atoms with Gasteiger partial charge in [0.2, 0.25) is 0 Å². The standard InChI is InChI=1S/C23H23F3N4O3/c1-13-7-18(19(24)20(13)31)29-22-17(9-27-12-28-22)21(32)15-5-6-30(11-15)10-14-3-2-4-16(8-14)33-23(25)26/h2-6,8-9,11-13,18-20,23,31H,7,10H2,1H3,(H,27,28,29)/t13-,18-,19-,20-/m1/s1. The molecule has 0 amide bonds. The molecular formula is C23H23F3N4O3. The number of carbonyl (C=O) groups excluding carboxylic acids is 1. The number of ketones is 1. The Morgan fingerprint density at radius 3 is 2.91 bits per heavy atom. The molecule has 1 saturated carbocycles. The van der Waals surface area contributed by atoms with Gasteiger partial charge in [-0.1, -0.05) is 19.1 Å². The van der Waals surface area contributed by atoms with E-state index in [1.54, 1.807) is 42.1 Å². The van der Waals surface area contributed by atoms with Crippen molar-refractivity contribution < 1.29 is 27.8 Å². The van der Waals surface area contributed by atoms with Crippen LogP contribution in [0.4, 0.5) is 19.0 Å². The number of aliphatic hydroxyl groups excluding tert-OH is 1. The van der Waals surface area contributed by atoms with Crippen LogP contribution in [0.5, 0.6) is 5.75 Å². The molecule has 0 saturated heterocycles. The summed E-state index contributed by atoms with van der Waals surface area (Å²) in [5.74, 6) is -0.306. The van der Waals surface area contributed by atoms with E-state index in [1.165, 1.54) is 24.7 Å². The highest BCUT2D eigenvalue weighted by Crippen LogP contribution is 2.31. The van der Waals surface area contributed by atoms with Gasteiger partial charge in [-0.2, -0.15) is 8.78 Å². The lowest BCUT2D eigenvalue weighted by molar-refractivity contribution is -0.0498. The highest BCUT2D eigenvalue weighted by atomic mass is 19.3. The number of halogens is 3. The summed E-state index contributed by atoms with van der Waals surface area (Å²) in [6.07, 6.45) is 3.82. The number of hydrogen-bond donors (Lipinski definition) is 2. The number of aromatic nitrogens is 3. The molecule has 0 radical (unpaired) electrons. The Hall–Kier alpha value is -3.40. The summed E-state index contributed by atoms with van der Waals surface area (Å²) in [7, 11) is 0. The topological polar surface area (TPSA) is 89.3 Å². The molecule has 4 rings (SSSR count). The Bertz CT molecular complexity index is 1120. The van der Waals surface area contributed by atoms with Crippen molar-refractivity contribution in [3.63, 3.8) is 0 Å². The van der Waals surface area contributed by atoms with Crippen molar-refractivity contribution in [1.82, 2.24) is 14.5 Å². The van der Waals surface area contributed by atoms with Crippen LogP contribution in [0.1, 0.15) is 34.8 Å². The van der Waals surface area contributed by atoms with Gasteiger partial charge in [0.25, 0.3) is 0 Å². The van der Waals surface area contributed by atoms with Crippen LogP contribution in [-0.4, -0.2) is 50.4 Å². The predicted octanol–water partition coefficient (Wildman–Crippen LogP) is 3.68. The quantitative estimate of drug-likeness (QED) is 0.499. The second-order valence-corrected chi connectivity index (χ2v) is 8.11. The Labute approximate surface area is 188 Å². The van der Waals surface area contributed by atoms with Gasteiger partial charge >= 0.3 is 6.61 Å². The molecule has 2 N–H and O–H groups in total. The molecule has 0 unspecified atom stereocenters. The summed E-state index contributed by atoms with van der Waals surface area (Å²) in [4.78, 5) is 21.1. The molecule has 3 aromatic rings. The van der Waals surface area contributed by atoms with Crippen molar-refractivity contribution in [3.8, 4) is 5.75 Å². The van der Waals surface area contributed by atoms with Crippen molar-refractivity contribution in [3.05, 3.63) is 71.9 Å². The molecule has 7 nitrogen and oxygen atoms in total. The van der Waals surface area contributed by atoms with Crippen LogP contribution in [0.25, 0.3) is 0 Å². The van der Waals surface area contributed by atoms with Crippen LogP contribution < -0.4 is 10.1 Å². The number of hydrogen-bond acceptors (Lipinski definition) is 6. The van der Waals surface area contributed by atoms with E-state index in [1.807, 2.05) is 0 Å². The fraction of sp³-hybridized carbons (Fsp3) is 0.348. The third kappa shape index (κ3) is 5.16. The Morgan fingerprint density at radius 1 is 1.36 bits per heavy atom. The van der Waals surface area contributed by atoms with Gasteiger partial charge in [-0.25, -0.2) is 14.4 Å². The smallest absolute Gasteiger partial charge is 0.387 e. The lowest BCUT2D eigenvalue weighted by Gasteiger charge is -2.18. The van der Waals surface area contributed by atoms with Gasteiger partial charge in [-0.3, -0.25) is 4.79 Å². The molecule has 33 heavy (non-hydrogen) atoms. The van der Waals surface area contributed by atoms with Crippen LogP contribution in [0.2, 0.25) is 0 Å². The number of ether oxygens (including phenoxy) is 1. The molecule has 2 heterocycles. The minimum absolute atomic E-state index is 0.0561. The maximum absolute atomic E-state index is 14.4. The highest BCUT2D eigenvalue weighted by Gasteiger charge is 2.41. The molecule has 0 aliphatic heterocycles. The number of carbonyl (C=O) groups is 1. The van der Waals surface area contributed by atoms with Crippen molar-refractivity contribution in [1.29, 1.82) is 0 Å². The maximum atomic E-state index is 14.4. The zero-order valence-electron chi connectivity index (χ0n) is 17.7. The summed E-state index contributed by atoms with van der Waals surface area (Å²) in [6.45, 7) is -0.801. The summed E-state index contributed by atoms with van der Waals surface area (Å²) in [6, 6.07) is 7.28. The molecular weight excluding hydrogens is 437 g/mol. The summed E-state index contributed by atoms with van der Waals surface area (Å²) in [5, 5.41) is 12.8. The predicted molar refractivity (Wildman–Crippen MR) is 114 cm³/mol. The number of rotatable bonds is 8. The number of benzene rings is 1. The van der Waals surface area contributed by atoms with Gasteiger partial charge in [0.15, 0.2) is 5.78 Å². The van der Waals surface area contributed by atoms with E-state index in [0.717, 1.165) is 5.56 Å². The third-order valence-corrected chi connectivity index (χ3v) is 5.70. The van der Waals surface area contributed by atoms with E-state index < -0.39 is 24.9 Å². The number of nitrogens with one attached hydrogen (secondary N) is 1. The maximum Gasteiger partial charge on any atom is 0.387 e. The van der Waals surface area contributed by atoms with E-state index in [4.69, 9.17) is 0 Å². The number of aliphatic hydroxyl groups is 1. The zero-order chi connectivity index (χ0) is 23.5. The van der Waals surface area contributed by atoms with Gasteiger partial charge in [0.05, 0.1) is 17.7 Å². The normalized spacial score (nSPS) is 22.5. The number of alkyl halides is 3. The van der Waals surface area contributed by atoms with Crippen molar-refractivity contribution in [2.75, 3.05) is 5.32 Å². The number of anilines is 1. The van der Waals surface area contributed by atoms with Gasteiger partial charge in [-0.05, 0) is 36.1 Å². The molecule has 1 aliphatic rings. The third-order valence-electron chi connectivity index (χ3n) is 5.70. The monoisotopic (exact) mass is 460 g/mol. The number of nitrogens with zero attached hydrogens (tertiary/aromatic N) is 3. The first-order chi connectivity index (χ1) is 15.8. The molecule has 0 bridgehead atoms. The summed E-state index contributed by atoms with van der Waals surface area (Å²) in [5.41, 5.74) is 1.27. The first kappa shape index (κ1) is 22.8. The molecule has 2 aromatic heterocycles. The van der Waals surface area contributed by atoms with Crippen molar-refractivity contribution in [2.45, 2.75) is 44.8 Å². The Balaban J connectivity index is 1.49. The molecule has 1 aromatic carbocycles. The minimum Gasteiger partial charge on any atom is -0.435 e. The SMILES string of the molecule is C[C@@H]1C[C@@H](Nc2ncncc2C(=O)c2ccn(Cc3cccc(OC(F)F)c3)c2)[C@@H](F)[C@@H]1O. The van der Waals surface area contributed by atoms with Crippen LogP contribution in [-0.2, 0) is 6.54 Å². The minimum atomic E-state index is -2.91. The summed E-state index contributed by atoms with van der Waals surface area (Å²) < 4.78 is 45.4. The van der Waals surface area contributed by atoms with Crippen molar-refractivity contribution in [2.24, 2.45) is 5.92 Å². The largest absolute Gasteiger partial charge is 0.435 e. The Kier molecular flexibility index (Phi) is 6.64. The van der Waals surface area contributed by atoms with Crippen LogP contribution in [0.3, 0.4) is 0 Å². The van der Waals surface area contributed by atoms with E-state index in [-0.39, 0.29) is 28.8 Å². The molecule has 4 atom stereocenters. The first-order valence-corrected chi connectivity index (χ1v) is 10.4. The fourth-order valence-electron chi connectivity index (χ4n) is 4.01. The van der Waals surface area contributed by atoms with E-state index in [9.17, 15) is 23.1 Å². The van der Waals surface area contributed by atoms with Gasteiger partial charge < -0.3 is 19.7 Å². The fourth-order valence-corrected chi connectivity index (χ4v) is 4.01. The average molecular weight is 460 g/mol. The van der Waals surface area contributed by atoms with E-state index in [0.29, 0.717) is 18.5 Å². The zero-order valence-corrected chi connectivity index (χ0v) is 17.7. The van der Waals surface area contributed by atoms with Gasteiger partial charge in [0, 0.05) is 30.7 Å². The second-order valence-electron chi connectivity index (χ2n) is 8.11. The Morgan fingerprint density at radius 2 is 2.18 bits per heavy atom. The molecule has 1 fully saturated rings. The average Bonchev–Trinajstić information content (AvgIpc) is 3.34. The molecule has 1 aliphatic carbocycles. The summed E-state index contributed by atoms with van der Waals surface area (Å²) >= 11 is 0. The molecule has 0 spiro atoms. The molecule has 174 valence electrons. The highest BCUT2D eigenvalue weighted by molar-refractivity contribution is 6.11. The van der Waals surface area contributed by atoms with Gasteiger partial charge in [-0.15, -0.1) is 0 Å². The van der Waals surface area contributed by atoms with E-state index in [2.05, 4.69) is 20.0 Å². The van der Waals surface area contributed by atoms with Crippen LogP contribution in [0, 0.1) is 5.92 Å². The van der Waals surface area contributed by atoms with Crippen molar-refractivity contribution >= 4 is 11.6 Å².